The molecule has 0 bridgehead atoms. The van der Waals surface area contributed by atoms with Gasteiger partial charge in [0.05, 0.1) is 15.7 Å². The summed E-state index contributed by atoms with van der Waals surface area (Å²) in [6.45, 7) is 0.0409. The molecule has 4 nitrogen and oxygen atoms in total. The zero-order chi connectivity index (χ0) is 11.3. The highest BCUT2D eigenvalue weighted by Gasteiger charge is 2.17. The molecule has 0 unspecified atom stereocenters. The van der Waals surface area contributed by atoms with Gasteiger partial charge in [0.1, 0.15) is 6.61 Å². The quantitative estimate of drug-likeness (QED) is 0.582. The number of benzene rings is 1. The maximum absolute atomic E-state index is 11.6. The standard InChI is InChI=1S/C9H9ClO4S/c10-8-3-1-2-4-9(8)15(12,13)6-5-14-7-11/h1-4,7H,5-6H2. The average Bonchev–Trinajstić information content (AvgIpc) is 2.18. The van der Waals surface area contributed by atoms with E-state index in [1.807, 2.05) is 0 Å². The molecule has 15 heavy (non-hydrogen) atoms. The van der Waals surface area contributed by atoms with Gasteiger partial charge in [-0.3, -0.25) is 4.79 Å². The zero-order valence-corrected chi connectivity index (χ0v) is 9.29. The van der Waals surface area contributed by atoms with Crippen molar-refractivity contribution in [2.24, 2.45) is 0 Å². The van der Waals surface area contributed by atoms with Crippen LogP contribution in [-0.2, 0) is 19.4 Å². The lowest BCUT2D eigenvalue weighted by molar-refractivity contribution is -0.128. The Morgan fingerprint density at radius 3 is 2.60 bits per heavy atom. The predicted octanol–water partition coefficient (Wildman–Crippen LogP) is 1.29. The van der Waals surface area contributed by atoms with Gasteiger partial charge in [0.15, 0.2) is 9.84 Å². The van der Waals surface area contributed by atoms with Crippen molar-refractivity contribution < 1.29 is 17.9 Å². The average molecular weight is 249 g/mol. The van der Waals surface area contributed by atoms with Crippen LogP contribution in [0.2, 0.25) is 5.02 Å². The largest absolute Gasteiger partial charge is 0.467 e. The summed E-state index contributed by atoms with van der Waals surface area (Å²) in [5.74, 6) is -0.268. The van der Waals surface area contributed by atoms with Crippen LogP contribution in [0.3, 0.4) is 0 Å². The summed E-state index contributed by atoms with van der Waals surface area (Å²) < 4.78 is 27.6. The number of sulfone groups is 1. The SMILES string of the molecule is O=COCCS(=O)(=O)c1ccccc1Cl. The van der Waals surface area contributed by atoms with Crippen LogP contribution in [0.15, 0.2) is 29.2 Å². The number of hydrogen-bond donors (Lipinski definition) is 0. The zero-order valence-electron chi connectivity index (χ0n) is 7.72. The molecule has 6 heteroatoms. The summed E-state index contributed by atoms with van der Waals surface area (Å²) in [4.78, 5) is 9.91. The van der Waals surface area contributed by atoms with E-state index in [4.69, 9.17) is 11.6 Å². The third-order valence-electron chi connectivity index (χ3n) is 1.71. The molecule has 0 aliphatic carbocycles. The van der Waals surface area contributed by atoms with Gasteiger partial charge in [0.25, 0.3) is 6.47 Å². The Labute approximate surface area is 92.7 Å². The summed E-state index contributed by atoms with van der Waals surface area (Å²) in [5.41, 5.74) is 0. The van der Waals surface area contributed by atoms with Crippen molar-refractivity contribution in [3.05, 3.63) is 29.3 Å². The normalized spacial score (nSPS) is 11.0. The van der Waals surface area contributed by atoms with Crippen molar-refractivity contribution in [1.82, 2.24) is 0 Å². The summed E-state index contributed by atoms with van der Waals surface area (Å²) >= 11 is 5.73. The fourth-order valence-corrected chi connectivity index (χ4v) is 2.69. The van der Waals surface area contributed by atoms with Gasteiger partial charge in [-0.15, -0.1) is 0 Å². The summed E-state index contributed by atoms with van der Waals surface area (Å²) in [5, 5.41) is 0.170. The molecule has 0 amide bonds. The molecule has 0 N–H and O–H groups in total. The van der Waals surface area contributed by atoms with E-state index in [0.29, 0.717) is 0 Å². The van der Waals surface area contributed by atoms with Crippen LogP contribution >= 0.6 is 11.6 Å². The van der Waals surface area contributed by atoms with E-state index in [1.165, 1.54) is 12.1 Å². The summed E-state index contributed by atoms with van der Waals surface area (Å²) in [6, 6.07) is 6.14. The van der Waals surface area contributed by atoms with E-state index in [9.17, 15) is 13.2 Å². The van der Waals surface area contributed by atoms with Gasteiger partial charge in [-0.1, -0.05) is 23.7 Å². The molecule has 0 aliphatic heterocycles. The van der Waals surface area contributed by atoms with Crippen LogP contribution in [0, 0.1) is 0 Å². The van der Waals surface area contributed by atoms with Crippen LogP contribution < -0.4 is 0 Å². The van der Waals surface area contributed by atoms with Gasteiger partial charge < -0.3 is 4.74 Å². The first kappa shape index (κ1) is 12.0. The van der Waals surface area contributed by atoms with Crippen LogP contribution in [0.25, 0.3) is 0 Å². The first-order valence-corrected chi connectivity index (χ1v) is 6.13. The minimum atomic E-state index is -3.48. The Balaban J connectivity index is 2.87. The third kappa shape index (κ3) is 3.21. The maximum Gasteiger partial charge on any atom is 0.293 e. The Bertz CT molecular complexity index is 441. The molecular formula is C9H9ClO4S. The number of carbonyl (C=O) groups excluding carboxylic acids is 1. The lowest BCUT2D eigenvalue weighted by Gasteiger charge is -2.04. The molecule has 0 saturated heterocycles. The monoisotopic (exact) mass is 248 g/mol. The van der Waals surface area contributed by atoms with E-state index in [2.05, 4.69) is 4.74 Å². The molecule has 0 saturated carbocycles. The molecule has 0 atom stereocenters. The number of rotatable bonds is 5. The van der Waals surface area contributed by atoms with Gasteiger partial charge in [-0.2, -0.15) is 0 Å². The van der Waals surface area contributed by atoms with Crippen molar-refractivity contribution in [2.75, 3.05) is 12.4 Å². The van der Waals surface area contributed by atoms with Gasteiger partial charge in [0.2, 0.25) is 0 Å². The van der Waals surface area contributed by atoms with Gasteiger partial charge in [-0.05, 0) is 12.1 Å². The number of hydrogen-bond acceptors (Lipinski definition) is 4. The third-order valence-corrected chi connectivity index (χ3v) is 3.88. The molecule has 1 rings (SSSR count). The van der Waals surface area contributed by atoms with E-state index in [0.717, 1.165) is 0 Å². The molecule has 0 aromatic heterocycles. The molecule has 1 aromatic carbocycles. The van der Waals surface area contributed by atoms with Crippen molar-refractivity contribution in [1.29, 1.82) is 0 Å². The lowest BCUT2D eigenvalue weighted by Crippen LogP contribution is -2.12. The summed E-state index contributed by atoms with van der Waals surface area (Å²) in [7, 11) is -3.48. The minimum Gasteiger partial charge on any atom is -0.467 e. The van der Waals surface area contributed by atoms with E-state index in [1.54, 1.807) is 12.1 Å². The topological polar surface area (TPSA) is 60.4 Å². The first-order valence-electron chi connectivity index (χ1n) is 4.10. The molecule has 0 spiro atoms. The molecule has 0 fully saturated rings. The van der Waals surface area contributed by atoms with Crippen molar-refractivity contribution in [3.63, 3.8) is 0 Å². The van der Waals surface area contributed by atoms with Gasteiger partial charge in [-0.25, -0.2) is 8.42 Å². The van der Waals surface area contributed by atoms with Crippen LogP contribution in [-0.4, -0.2) is 27.2 Å². The molecule has 0 radical (unpaired) electrons. The highest BCUT2D eigenvalue weighted by atomic mass is 35.5. The van der Waals surface area contributed by atoms with Crippen LogP contribution in [0.1, 0.15) is 0 Å². The molecule has 0 aliphatic rings. The molecule has 82 valence electrons. The second kappa shape index (κ2) is 5.14. The van der Waals surface area contributed by atoms with Crippen molar-refractivity contribution in [2.45, 2.75) is 4.90 Å². The maximum atomic E-state index is 11.6. The van der Waals surface area contributed by atoms with Crippen LogP contribution in [0.4, 0.5) is 0 Å². The summed E-state index contributed by atoms with van der Waals surface area (Å²) in [6.07, 6.45) is 0. The highest BCUT2D eigenvalue weighted by Crippen LogP contribution is 2.21. The van der Waals surface area contributed by atoms with E-state index in [-0.39, 0.29) is 28.8 Å². The Morgan fingerprint density at radius 1 is 1.33 bits per heavy atom. The fraction of sp³-hybridized carbons (Fsp3) is 0.222. The van der Waals surface area contributed by atoms with E-state index >= 15 is 0 Å². The molecule has 0 heterocycles. The smallest absolute Gasteiger partial charge is 0.293 e. The van der Waals surface area contributed by atoms with Crippen LogP contribution in [0.5, 0.6) is 0 Å². The van der Waals surface area contributed by atoms with E-state index < -0.39 is 9.84 Å². The number of ether oxygens (including phenoxy) is 1. The van der Waals surface area contributed by atoms with Crippen molar-refractivity contribution in [3.8, 4) is 0 Å². The lowest BCUT2D eigenvalue weighted by atomic mass is 10.4. The second-order valence-corrected chi connectivity index (χ2v) is 5.20. The minimum absolute atomic E-state index is 0.0566. The Hall–Kier alpha value is -1.07. The second-order valence-electron chi connectivity index (χ2n) is 2.72. The number of halogens is 1. The Kier molecular flexibility index (Phi) is 4.11. The van der Waals surface area contributed by atoms with Crippen molar-refractivity contribution >= 4 is 27.9 Å². The number of carbonyl (C=O) groups is 1. The highest BCUT2D eigenvalue weighted by molar-refractivity contribution is 7.91. The van der Waals surface area contributed by atoms with Gasteiger partial charge >= 0.3 is 0 Å². The fourth-order valence-electron chi connectivity index (χ4n) is 1.01. The Morgan fingerprint density at radius 2 is 2.00 bits per heavy atom. The molecular weight excluding hydrogens is 240 g/mol. The molecule has 1 aromatic rings. The van der Waals surface area contributed by atoms with Gasteiger partial charge in [0, 0.05) is 0 Å². The first-order chi connectivity index (χ1) is 7.08. The predicted molar refractivity (Wildman–Crippen MR) is 55.5 cm³/mol.